The van der Waals surface area contributed by atoms with E-state index in [0.29, 0.717) is 15.7 Å². The van der Waals surface area contributed by atoms with Crippen LogP contribution in [0.15, 0.2) is 48.7 Å². The van der Waals surface area contributed by atoms with Crippen LogP contribution >= 0.6 is 23.2 Å². The molecule has 0 aliphatic carbocycles. The van der Waals surface area contributed by atoms with Crippen LogP contribution in [0.1, 0.15) is 10.5 Å². The first-order valence-corrected chi connectivity index (χ1v) is 8.00. The van der Waals surface area contributed by atoms with Crippen LogP contribution in [0.4, 0.5) is 26.1 Å². The van der Waals surface area contributed by atoms with Crippen molar-refractivity contribution in [2.24, 2.45) is 0 Å². The summed E-state index contributed by atoms with van der Waals surface area (Å²) in [6, 6.07) is 9.39. The molecule has 9 heteroatoms. The van der Waals surface area contributed by atoms with Gasteiger partial charge in [-0.25, -0.2) is 18.7 Å². The third-order valence-electron chi connectivity index (χ3n) is 3.27. The fourth-order valence-corrected chi connectivity index (χ4v) is 2.34. The highest BCUT2D eigenvalue weighted by Gasteiger charge is 2.15. The molecule has 1 aromatic heterocycles. The van der Waals surface area contributed by atoms with Crippen LogP contribution in [-0.2, 0) is 0 Å². The van der Waals surface area contributed by atoms with Gasteiger partial charge in [-0.2, -0.15) is 0 Å². The summed E-state index contributed by atoms with van der Waals surface area (Å²) in [5, 5.41) is 5.74. The van der Waals surface area contributed by atoms with Gasteiger partial charge in [0.15, 0.2) is 0 Å². The van der Waals surface area contributed by atoms with E-state index in [1.165, 1.54) is 18.3 Å². The summed E-state index contributed by atoms with van der Waals surface area (Å²) < 4.78 is 27.3. The summed E-state index contributed by atoms with van der Waals surface area (Å²) >= 11 is 11.8. The van der Waals surface area contributed by atoms with Gasteiger partial charge in [0.2, 0.25) is 5.95 Å². The third-order valence-corrected chi connectivity index (χ3v) is 4.00. The van der Waals surface area contributed by atoms with Crippen LogP contribution in [0.5, 0.6) is 0 Å². The molecular formula is C17H10Cl2F2N4O. The second kappa shape index (κ2) is 7.63. The summed E-state index contributed by atoms with van der Waals surface area (Å²) in [7, 11) is 0. The van der Waals surface area contributed by atoms with Crippen LogP contribution in [0.2, 0.25) is 10.0 Å². The second-order valence-electron chi connectivity index (χ2n) is 5.07. The number of hydrogen-bond donors (Lipinski definition) is 2. The van der Waals surface area contributed by atoms with Gasteiger partial charge in [0.1, 0.15) is 23.0 Å². The van der Waals surface area contributed by atoms with Gasteiger partial charge in [-0.05, 0) is 36.4 Å². The van der Waals surface area contributed by atoms with Crippen molar-refractivity contribution < 1.29 is 13.6 Å². The molecule has 0 saturated carbocycles. The molecule has 2 N–H and O–H groups in total. The van der Waals surface area contributed by atoms with Crippen molar-refractivity contribution in [2.45, 2.75) is 0 Å². The van der Waals surface area contributed by atoms with Crippen molar-refractivity contribution >= 4 is 46.4 Å². The number of nitrogens with one attached hydrogen (secondary N) is 2. The molecule has 0 atom stereocenters. The molecule has 0 radical (unpaired) electrons. The molecule has 1 amide bonds. The Morgan fingerprint density at radius 2 is 1.73 bits per heavy atom. The fourth-order valence-electron chi connectivity index (χ4n) is 2.04. The lowest BCUT2D eigenvalue weighted by Crippen LogP contribution is -2.16. The SMILES string of the molecule is O=C(Nc1c(F)cccc1F)c1ccnc(Nc2ccc(Cl)c(Cl)c2)n1. The van der Waals surface area contributed by atoms with E-state index in [0.717, 1.165) is 12.1 Å². The highest BCUT2D eigenvalue weighted by atomic mass is 35.5. The quantitative estimate of drug-likeness (QED) is 0.648. The molecule has 0 aliphatic rings. The van der Waals surface area contributed by atoms with Gasteiger partial charge in [0.25, 0.3) is 5.91 Å². The van der Waals surface area contributed by atoms with Crippen molar-refractivity contribution in [2.75, 3.05) is 10.6 Å². The number of aromatic nitrogens is 2. The lowest BCUT2D eigenvalue weighted by Gasteiger charge is -2.09. The number of hydrogen-bond acceptors (Lipinski definition) is 4. The van der Waals surface area contributed by atoms with Gasteiger partial charge in [0, 0.05) is 11.9 Å². The first kappa shape index (κ1) is 18.0. The average molecular weight is 395 g/mol. The van der Waals surface area contributed by atoms with E-state index in [4.69, 9.17) is 23.2 Å². The molecule has 3 aromatic rings. The smallest absolute Gasteiger partial charge is 0.274 e. The Kier molecular flexibility index (Phi) is 5.29. The number of carbonyl (C=O) groups is 1. The number of rotatable bonds is 4. The maximum Gasteiger partial charge on any atom is 0.274 e. The number of para-hydroxylation sites is 1. The van der Waals surface area contributed by atoms with Crippen molar-refractivity contribution in [3.05, 3.63) is 76.0 Å². The molecule has 2 aromatic carbocycles. The Labute approximate surface area is 157 Å². The van der Waals surface area contributed by atoms with E-state index >= 15 is 0 Å². The molecule has 0 unspecified atom stereocenters. The fraction of sp³-hybridized carbons (Fsp3) is 0. The van der Waals surface area contributed by atoms with Gasteiger partial charge in [-0.3, -0.25) is 4.79 Å². The Balaban J connectivity index is 1.80. The van der Waals surface area contributed by atoms with Crippen molar-refractivity contribution in [3.63, 3.8) is 0 Å². The number of carbonyl (C=O) groups excluding carboxylic acids is 1. The largest absolute Gasteiger partial charge is 0.324 e. The number of halogens is 4. The van der Waals surface area contributed by atoms with Crippen LogP contribution < -0.4 is 10.6 Å². The molecule has 0 fully saturated rings. The summed E-state index contributed by atoms with van der Waals surface area (Å²) in [5.41, 5.74) is -0.0718. The van der Waals surface area contributed by atoms with Gasteiger partial charge in [-0.15, -0.1) is 0 Å². The zero-order chi connectivity index (χ0) is 18.7. The van der Waals surface area contributed by atoms with Crippen LogP contribution in [0, 0.1) is 11.6 Å². The average Bonchev–Trinajstić information content (AvgIpc) is 2.61. The van der Waals surface area contributed by atoms with E-state index in [1.54, 1.807) is 18.2 Å². The monoisotopic (exact) mass is 394 g/mol. The first-order valence-electron chi connectivity index (χ1n) is 7.24. The predicted octanol–water partition coefficient (Wildman–Crippen LogP) is 5.06. The molecule has 5 nitrogen and oxygen atoms in total. The maximum atomic E-state index is 13.6. The van der Waals surface area contributed by atoms with E-state index in [-0.39, 0.29) is 11.6 Å². The maximum absolute atomic E-state index is 13.6. The van der Waals surface area contributed by atoms with Crippen LogP contribution in [0.25, 0.3) is 0 Å². The normalized spacial score (nSPS) is 10.5. The Hall–Kier alpha value is -2.77. The van der Waals surface area contributed by atoms with E-state index in [1.807, 2.05) is 0 Å². The molecule has 26 heavy (non-hydrogen) atoms. The lowest BCUT2D eigenvalue weighted by molar-refractivity contribution is 0.102. The summed E-state index contributed by atoms with van der Waals surface area (Å²) in [6.45, 7) is 0. The molecule has 0 saturated heterocycles. The lowest BCUT2D eigenvalue weighted by atomic mass is 10.2. The standard InChI is InChI=1S/C17H10Cl2F2N4O/c18-10-5-4-9(8-11(10)19)23-17-22-7-6-14(24-17)16(26)25-15-12(20)2-1-3-13(15)21/h1-8H,(H,25,26)(H,22,23,24). The van der Waals surface area contributed by atoms with Gasteiger partial charge < -0.3 is 10.6 Å². The number of nitrogens with zero attached hydrogens (tertiary/aromatic N) is 2. The molecule has 1 heterocycles. The van der Waals surface area contributed by atoms with Gasteiger partial charge >= 0.3 is 0 Å². The zero-order valence-electron chi connectivity index (χ0n) is 12.9. The van der Waals surface area contributed by atoms with Crippen LogP contribution in [0.3, 0.4) is 0 Å². The minimum atomic E-state index is -0.887. The molecule has 0 spiro atoms. The zero-order valence-corrected chi connectivity index (χ0v) is 14.4. The molecule has 132 valence electrons. The number of benzene rings is 2. The highest BCUT2D eigenvalue weighted by molar-refractivity contribution is 6.42. The minimum Gasteiger partial charge on any atom is -0.324 e. The number of amides is 1. The van der Waals surface area contributed by atoms with Crippen molar-refractivity contribution in [1.82, 2.24) is 9.97 Å². The van der Waals surface area contributed by atoms with E-state index in [9.17, 15) is 13.6 Å². The molecule has 3 rings (SSSR count). The van der Waals surface area contributed by atoms with Gasteiger partial charge in [-0.1, -0.05) is 29.3 Å². The molecule has 0 aliphatic heterocycles. The molecule has 0 bridgehead atoms. The number of anilines is 3. The summed E-state index contributed by atoms with van der Waals surface area (Å²) in [4.78, 5) is 20.2. The predicted molar refractivity (Wildman–Crippen MR) is 96.1 cm³/mol. The Bertz CT molecular complexity index is 964. The first-order chi connectivity index (χ1) is 12.4. The highest BCUT2D eigenvalue weighted by Crippen LogP contribution is 2.26. The Morgan fingerprint density at radius 3 is 2.42 bits per heavy atom. The Morgan fingerprint density at radius 1 is 1.00 bits per heavy atom. The minimum absolute atomic E-state index is 0.0785. The molecular weight excluding hydrogens is 385 g/mol. The van der Waals surface area contributed by atoms with Crippen LogP contribution in [-0.4, -0.2) is 15.9 Å². The topological polar surface area (TPSA) is 66.9 Å². The second-order valence-corrected chi connectivity index (χ2v) is 5.88. The third kappa shape index (κ3) is 4.07. The van der Waals surface area contributed by atoms with Gasteiger partial charge in [0.05, 0.1) is 10.0 Å². The van der Waals surface area contributed by atoms with E-state index < -0.39 is 23.2 Å². The van der Waals surface area contributed by atoms with Crippen molar-refractivity contribution in [3.8, 4) is 0 Å². The summed E-state index contributed by atoms with van der Waals surface area (Å²) in [6.07, 6.45) is 1.33. The summed E-state index contributed by atoms with van der Waals surface area (Å²) in [5.74, 6) is -2.46. The van der Waals surface area contributed by atoms with E-state index in [2.05, 4.69) is 20.6 Å². The van der Waals surface area contributed by atoms with Crippen molar-refractivity contribution in [1.29, 1.82) is 0 Å².